The van der Waals surface area contributed by atoms with E-state index < -0.39 is 29.1 Å². The Balaban J connectivity index is 1.09. The maximum Gasteiger partial charge on any atom is 0.410 e. The third kappa shape index (κ3) is 6.09. The fourth-order valence-electron chi connectivity index (χ4n) is 6.72. The molecule has 2 aromatic heterocycles. The Morgan fingerprint density at radius 2 is 1.71 bits per heavy atom. The summed E-state index contributed by atoms with van der Waals surface area (Å²) in [7, 11) is 0. The average Bonchev–Trinajstić information content (AvgIpc) is 3.74. The van der Waals surface area contributed by atoms with Gasteiger partial charge >= 0.3 is 12.1 Å². The number of hydrogen-bond donors (Lipinski definition) is 4. The molecule has 5 N–H and O–H groups in total. The molecule has 52 heavy (non-hydrogen) atoms. The molecule has 2 aliphatic rings. The molecule has 268 valence electrons. The van der Waals surface area contributed by atoms with Crippen LogP contribution in [0.2, 0.25) is 0 Å². The normalized spacial score (nSPS) is 15.7. The van der Waals surface area contributed by atoms with Gasteiger partial charge in [-0.05, 0) is 107 Å². The van der Waals surface area contributed by atoms with Crippen molar-refractivity contribution in [1.82, 2.24) is 25.0 Å². The number of piperidine rings is 1. The maximum absolute atomic E-state index is 14.1. The molecule has 0 radical (unpaired) electrons. The Morgan fingerprint density at radius 3 is 2.40 bits per heavy atom. The molecular formula is C38H39FN8O5. The van der Waals surface area contributed by atoms with Gasteiger partial charge in [-0.1, -0.05) is 12.1 Å². The van der Waals surface area contributed by atoms with E-state index in [0.717, 1.165) is 16.5 Å². The number of anilines is 2. The van der Waals surface area contributed by atoms with Crippen LogP contribution >= 0.6 is 0 Å². The lowest BCUT2D eigenvalue weighted by Crippen LogP contribution is -2.56. The van der Waals surface area contributed by atoms with Crippen LogP contribution in [0.5, 0.6) is 11.5 Å². The summed E-state index contributed by atoms with van der Waals surface area (Å²) in [5.74, 6) is -0.0776. The number of aromatic amines is 1. The standard InChI is InChI=1S/C38H39FN8O5/c1-21-16-23-18-28(32(48)25-20-42-47(33(25)40)29-11-10-24(17-22(29)2)51-31-9-7-6-8-26(31)39)43-27(23)19-30(21)46-34(41)38(44-35(46)49)12-14-45(15-13-38)36(50)52-37(3,4)5/h6-11,16-20,41,43H,12-15,40H2,1-5H3,(H,44,49). The van der Waals surface area contributed by atoms with E-state index in [1.165, 1.54) is 27.9 Å². The molecule has 5 aromatic rings. The Labute approximate surface area is 299 Å². The van der Waals surface area contributed by atoms with E-state index >= 15 is 0 Å². The van der Waals surface area contributed by atoms with Crippen molar-refractivity contribution in [3.63, 3.8) is 0 Å². The highest BCUT2D eigenvalue weighted by Gasteiger charge is 2.51. The minimum atomic E-state index is -0.920. The predicted molar refractivity (Wildman–Crippen MR) is 194 cm³/mol. The lowest BCUT2D eigenvalue weighted by molar-refractivity contribution is 0.0186. The predicted octanol–water partition coefficient (Wildman–Crippen LogP) is 6.99. The number of nitrogens with zero attached hydrogens (tertiary/aromatic N) is 4. The Kier molecular flexibility index (Phi) is 8.27. The number of hydrogen-bond acceptors (Lipinski definition) is 8. The summed E-state index contributed by atoms with van der Waals surface area (Å²) < 4.78 is 26.8. The number of ether oxygens (including phenoxy) is 2. The largest absolute Gasteiger partial charge is 0.454 e. The first-order valence-corrected chi connectivity index (χ1v) is 16.9. The molecule has 2 saturated heterocycles. The monoisotopic (exact) mass is 706 g/mol. The first kappa shape index (κ1) is 34.3. The Hall–Kier alpha value is -6.18. The molecular weight excluding hydrogens is 667 g/mol. The number of aromatic nitrogens is 3. The first-order valence-electron chi connectivity index (χ1n) is 16.9. The Morgan fingerprint density at radius 1 is 1.00 bits per heavy atom. The molecule has 0 bridgehead atoms. The van der Waals surface area contributed by atoms with E-state index in [0.29, 0.717) is 48.6 Å². The minimum Gasteiger partial charge on any atom is -0.454 e. The van der Waals surface area contributed by atoms with Crippen molar-refractivity contribution in [3.05, 3.63) is 95.1 Å². The second kappa shape index (κ2) is 12.5. The number of ketones is 1. The lowest BCUT2D eigenvalue weighted by atomic mass is 9.87. The molecule has 13 nitrogen and oxygen atoms in total. The van der Waals surface area contributed by atoms with Gasteiger partial charge in [-0.15, -0.1) is 0 Å². The summed E-state index contributed by atoms with van der Waals surface area (Å²) in [6.07, 6.45) is 1.73. The molecule has 2 aliphatic heterocycles. The highest BCUT2D eigenvalue weighted by Crippen LogP contribution is 2.37. The first-order chi connectivity index (χ1) is 24.6. The molecule has 2 fully saturated rings. The number of aryl methyl sites for hydroxylation is 2. The van der Waals surface area contributed by atoms with Crippen molar-refractivity contribution in [1.29, 1.82) is 5.41 Å². The number of nitrogens with one attached hydrogen (secondary N) is 3. The van der Waals surface area contributed by atoms with Gasteiger partial charge in [0.15, 0.2) is 11.6 Å². The number of nitrogen functional groups attached to an aromatic ring is 1. The van der Waals surface area contributed by atoms with E-state index in [1.54, 1.807) is 47.4 Å². The second-order valence-electron chi connectivity index (χ2n) is 14.2. The summed E-state index contributed by atoms with van der Waals surface area (Å²) >= 11 is 0. The SMILES string of the molecule is Cc1cc2cc(C(=O)c3cnn(-c4ccc(Oc5ccccc5F)cc4C)c3N)[nH]c2cc1N1C(=N)C2(CCN(C(=O)OC(C)(C)C)CC2)NC1=O. The van der Waals surface area contributed by atoms with E-state index in [9.17, 15) is 18.8 Å². The highest BCUT2D eigenvalue weighted by molar-refractivity contribution is 6.25. The van der Waals surface area contributed by atoms with E-state index in [1.807, 2.05) is 40.7 Å². The second-order valence-corrected chi connectivity index (χ2v) is 14.2. The van der Waals surface area contributed by atoms with Gasteiger partial charge in [-0.2, -0.15) is 5.10 Å². The van der Waals surface area contributed by atoms with Crippen molar-refractivity contribution >= 4 is 46.2 Å². The van der Waals surface area contributed by atoms with Gasteiger partial charge in [0.2, 0.25) is 5.78 Å². The zero-order valence-corrected chi connectivity index (χ0v) is 29.5. The van der Waals surface area contributed by atoms with Crippen LogP contribution in [0, 0.1) is 25.1 Å². The molecule has 0 atom stereocenters. The maximum atomic E-state index is 14.1. The smallest absolute Gasteiger partial charge is 0.410 e. The number of benzene rings is 3. The number of H-pyrrole nitrogens is 1. The van der Waals surface area contributed by atoms with Crippen LogP contribution in [-0.2, 0) is 4.74 Å². The van der Waals surface area contributed by atoms with Crippen LogP contribution in [0.25, 0.3) is 16.6 Å². The molecule has 3 amide bonds. The number of nitrogens with two attached hydrogens (primary N) is 1. The van der Waals surface area contributed by atoms with E-state index in [4.69, 9.17) is 20.6 Å². The molecule has 1 spiro atoms. The van der Waals surface area contributed by atoms with Crippen LogP contribution in [0.1, 0.15) is 60.8 Å². The molecule has 0 unspecified atom stereocenters. The fourth-order valence-corrected chi connectivity index (χ4v) is 6.72. The number of para-hydroxylation sites is 1. The average molecular weight is 707 g/mol. The van der Waals surface area contributed by atoms with Crippen molar-refractivity contribution in [2.24, 2.45) is 0 Å². The zero-order valence-electron chi connectivity index (χ0n) is 29.5. The van der Waals surface area contributed by atoms with Crippen molar-refractivity contribution in [2.45, 2.75) is 58.6 Å². The summed E-state index contributed by atoms with van der Waals surface area (Å²) in [4.78, 5) is 45.9. The molecule has 0 aliphatic carbocycles. The van der Waals surface area contributed by atoms with Gasteiger partial charge in [-0.25, -0.2) is 23.6 Å². The third-order valence-electron chi connectivity index (χ3n) is 9.43. The number of fused-ring (bicyclic) bond motifs is 1. The van der Waals surface area contributed by atoms with Crippen molar-refractivity contribution in [2.75, 3.05) is 23.7 Å². The quantitative estimate of drug-likeness (QED) is 0.138. The van der Waals surface area contributed by atoms with Gasteiger partial charge in [0, 0.05) is 24.0 Å². The number of carbonyl (C=O) groups is 3. The van der Waals surface area contributed by atoms with Crippen molar-refractivity contribution in [3.8, 4) is 17.2 Å². The number of amidine groups is 1. The topological polar surface area (TPSA) is 172 Å². The number of halogens is 1. The van der Waals surface area contributed by atoms with Gasteiger partial charge in [0.25, 0.3) is 0 Å². The summed E-state index contributed by atoms with van der Waals surface area (Å²) in [5, 5.41) is 17.3. The number of urea groups is 1. The van der Waals surface area contributed by atoms with Crippen LogP contribution in [0.15, 0.2) is 66.9 Å². The van der Waals surface area contributed by atoms with Gasteiger partial charge < -0.3 is 30.4 Å². The third-order valence-corrected chi connectivity index (χ3v) is 9.43. The molecule has 0 saturated carbocycles. The highest BCUT2D eigenvalue weighted by atomic mass is 19.1. The molecule has 4 heterocycles. The van der Waals surface area contributed by atoms with E-state index in [-0.39, 0.29) is 34.4 Å². The molecule has 7 rings (SSSR count). The lowest BCUT2D eigenvalue weighted by Gasteiger charge is -2.39. The van der Waals surface area contributed by atoms with Crippen LogP contribution < -0.4 is 20.7 Å². The van der Waals surface area contributed by atoms with Crippen LogP contribution in [0.4, 0.5) is 25.5 Å². The number of carbonyl (C=O) groups excluding carboxylic acids is 3. The summed E-state index contributed by atoms with van der Waals surface area (Å²) in [6, 6.07) is 16.2. The van der Waals surface area contributed by atoms with Gasteiger partial charge in [-0.3, -0.25) is 10.2 Å². The van der Waals surface area contributed by atoms with Crippen LogP contribution in [0.3, 0.4) is 0 Å². The number of amides is 3. The fraction of sp³-hybridized carbons (Fsp3) is 0.289. The van der Waals surface area contributed by atoms with Gasteiger partial charge in [0.1, 0.15) is 28.5 Å². The Bertz CT molecular complexity index is 2280. The zero-order chi connectivity index (χ0) is 37.1. The van der Waals surface area contributed by atoms with E-state index in [2.05, 4.69) is 15.4 Å². The number of likely N-dealkylation sites (tertiary alicyclic amines) is 1. The van der Waals surface area contributed by atoms with Crippen LogP contribution in [-0.4, -0.2) is 67.6 Å². The summed E-state index contributed by atoms with van der Waals surface area (Å²) in [6.45, 7) is 9.77. The summed E-state index contributed by atoms with van der Waals surface area (Å²) in [5.41, 5.74) is 8.60. The van der Waals surface area contributed by atoms with Crippen molar-refractivity contribution < 1.29 is 28.2 Å². The number of rotatable bonds is 6. The minimum absolute atomic E-state index is 0.102. The van der Waals surface area contributed by atoms with Gasteiger partial charge in [0.05, 0.1) is 28.8 Å². The molecule has 14 heteroatoms. The molecule has 3 aromatic carbocycles.